The normalized spacial score (nSPS) is 22.8. The Balaban J connectivity index is 1.66. The summed E-state index contributed by atoms with van der Waals surface area (Å²) in [6, 6.07) is 5.33. The number of nitrogens with two attached hydrogens (primary N) is 1. The summed E-state index contributed by atoms with van der Waals surface area (Å²) in [6.45, 7) is 1.92. The Morgan fingerprint density at radius 3 is 2.79 bits per heavy atom. The van der Waals surface area contributed by atoms with Crippen LogP contribution in [0.3, 0.4) is 0 Å². The number of fused-ring (bicyclic) bond motifs is 1. The van der Waals surface area contributed by atoms with Gasteiger partial charge in [0.2, 0.25) is 5.95 Å². The number of benzene rings is 1. The van der Waals surface area contributed by atoms with E-state index in [2.05, 4.69) is 25.5 Å². The number of aliphatic hydroxyl groups is 3. The molecule has 0 saturated carbocycles. The Kier molecular flexibility index (Phi) is 6.55. The number of hydrogen-bond acceptors (Lipinski definition) is 12. The van der Waals surface area contributed by atoms with Crippen molar-refractivity contribution in [3.63, 3.8) is 0 Å². The third-order valence-corrected chi connectivity index (χ3v) is 5.14. The van der Waals surface area contributed by atoms with Gasteiger partial charge >= 0.3 is 0 Å². The zero-order chi connectivity index (χ0) is 23.5. The van der Waals surface area contributed by atoms with Crippen molar-refractivity contribution in [2.45, 2.75) is 31.5 Å². The van der Waals surface area contributed by atoms with Crippen LogP contribution >= 0.6 is 0 Å². The van der Waals surface area contributed by atoms with Crippen molar-refractivity contribution in [2.75, 3.05) is 31.5 Å². The predicted octanol–water partition coefficient (Wildman–Crippen LogP) is -0.127. The fourth-order valence-electron chi connectivity index (χ4n) is 3.54. The van der Waals surface area contributed by atoms with Gasteiger partial charge in [-0.05, 0) is 30.7 Å². The third-order valence-electron chi connectivity index (χ3n) is 5.14. The topological polar surface area (TPSA) is 182 Å². The summed E-state index contributed by atoms with van der Waals surface area (Å²) in [5.41, 5.74) is 9.96. The van der Waals surface area contributed by atoms with E-state index in [0.29, 0.717) is 18.1 Å². The first-order chi connectivity index (χ1) is 16.0. The van der Waals surface area contributed by atoms with E-state index in [1.165, 1.54) is 17.1 Å². The molecule has 0 aliphatic carbocycles. The van der Waals surface area contributed by atoms with Gasteiger partial charge in [0.15, 0.2) is 34.7 Å². The molecule has 1 aliphatic rings. The molecule has 1 aliphatic heterocycles. The van der Waals surface area contributed by atoms with Gasteiger partial charge in [0.05, 0.1) is 26.5 Å². The number of hydrogen-bond donors (Lipinski definition) is 5. The fraction of sp³-hybridized carbons (Fsp3) is 0.400. The van der Waals surface area contributed by atoms with Crippen LogP contribution in [0.5, 0.6) is 11.5 Å². The summed E-state index contributed by atoms with van der Waals surface area (Å²) in [6.07, 6.45) is -1.95. The minimum Gasteiger partial charge on any atom is -0.493 e. The zero-order valence-electron chi connectivity index (χ0n) is 18.0. The molecule has 0 spiro atoms. The minimum absolute atomic E-state index is 0.119. The molecule has 6 N–H and O–H groups in total. The third kappa shape index (κ3) is 4.26. The fourth-order valence-corrected chi connectivity index (χ4v) is 3.54. The molecule has 1 fully saturated rings. The van der Waals surface area contributed by atoms with Crippen LogP contribution in [0.25, 0.3) is 11.2 Å². The van der Waals surface area contributed by atoms with Crippen LogP contribution in [0.15, 0.2) is 29.6 Å². The molecular formula is C20H25N7O6. The molecule has 2 aromatic heterocycles. The smallest absolute Gasteiger partial charge is 0.228 e. The lowest BCUT2D eigenvalue weighted by Crippen LogP contribution is -2.33. The second-order valence-corrected chi connectivity index (χ2v) is 7.18. The summed E-state index contributed by atoms with van der Waals surface area (Å²) >= 11 is 0. The van der Waals surface area contributed by atoms with Crippen LogP contribution in [0.4, 0.5) is 11.8 Å². The van der Waals surface area contributed by atoms with Crippen LogP contribution < -0.4 is 20.6 Å². The lowest BCUT2D eigenvalue weighted by Gasteiger charge is -2.18. The van der Waals surface area contributed by atoms with Gasteiger partial charge in [-0.2, -0.15) is 5.10 Å². The molecule has 3 heterocycles. The van der Waals surface area contributed by atoms with Gasteiger partial charge < -0.3 is 35.3 Å². The number of ether oxygens (including phenoxy) is 3. The highest BCUT2D eigenvalue weighted by Gasteiger charge is 2.45. The van der Waals surface area contributed by atoms with Crippen LogP contribution in [0.1, 0.15) is 18.7 Å². The van der Waals surface area contributed by atoms with Crippen molar-refractivity contribution in [1.82, 2.24) is 19.5 Å². The van der Waals surface area contributed by atoms with Crippen molar-refractivity contribution in [2.24, 2.45) is 5.10 Å². The van der Waals surface area contributed by atoms with Gasteiger partial charge in [-0.3, -0.25) is 4.57 Å². The molecule has 4 atom stereocenters. The molecule has 3 aromatic rings. The number of imidazole rings is 1. The van der Waals surface area contributed by atoms with Crippen molar-refractivity contribution in [1.29, 1.82) is 0 Å². The van der Waals surface area contributed by atoms with Crippen molar-refractivity contribution >= 4 is 29.1 Å². The first kappa shape index (κ1) is 22.7. The number of aliphatic hydroxyl groups excluding tert-OH is 3. The summed E-state index contributed by atoms with van der Waals surface area (Å²) in [4.78, 5) is 12.5. The number of hydrazone groups is 1. The largest absolute Gasteiger partial charge is 0.493 e. The lowest BCUT2D eigenvalue weighted by atomic mass is 10.1. The average Bonchev–Trinajstić information content (AvgIpc) is 3.32. The maximum atomic E-state index is 10.5. The Hall–Kier alpha value is -3.52. The summed E-state index contributed by atoms with van der Waals surface area (Å²) < 4.78 is 17.9. The molecule has 1 aromatic carbocycles. The molecule has 0 bridgehead atoms. The number of rotatable bonds is 8. The predicted molar refractivity (Wildman–Crippen MR) is 118 cm³/mol. The number of aromatic nitrogens is 4. The first-order valence-corrected chi connectivity index (χ1v) is 10.2. The van der Waals surface area contributed by atoms with Gasteiger partial charge in [-0.1, -0.05) is 0 Å². The van der Waals surface area contributed by atoms with Crippen molar-refractivity contribution < 1.29 is 29.5 Å². The summed E-state index contributed by atoms with van der Waals surface area (Å²) in [5.74, 6) is 1.43. The van der Waals surface area contributed by atoms with Crippen LogP contribution in [-0.4, -0.2) is 79.7 Å². The molecular weight excluding hydrogens is 434 g/mol. The number of methoxy groups -OCH3 is 1. The lowest BCUT2D eigenvalue weighted by molar-refractivity contribution is -0.0501. The van der Waals surface area contributed by atoms with Crippen LogP contribution in [0, 0.1) is 0 Å². The average molecular weight is 459 g/mol. The van der Waals surface area contributed by atoms with E-state index in [9.17, 15) is 15.3 Å². The monoisotopic (exact) mass is 459 g/mol. The molecule has 176 valence electrons. The second kappa shape index (κ2) is 9.54. The highest BCUT2D eigenvalue weighted by Crippen LogP contribution is 2.35. The van der Waals surface area contributed by atoms with Crippen molar-refractivity contribution in [3.8, 4) is 11.5 Å². The second-order valence-electron chi connectivity index (χ2n) is 7.18. The van der Waals surface area contributed by atoms with Crippen LogP contribution in [0.2, 0.25) is 0 Å². The molecule has 0 amide bonds. The quantitative estimate of drug-likeness (QED) is 0.223. The van der Waals surface area contributed by atoms with Gasteiger partial charge in [0, 0.05) is 0 Å². The molecule has 1 saturated heterocycles. The Morgan fingerprint density at radius 2 is 2.09 bits per heavy atom. The van der Waals surface area contributed by atoms with Gasteiger partial charge in [-0.25, -0.2) is 20.4 Å². The maximum absolute atomic E-state index is 10.5. The minimum atomic E-state index is -1.35. The van der Waals surface area contributed by atoms with Crippen LogP contribution in [-0.2, 0) is 4.74 Å². The van der Waals surface area contributed by atoms with Gasteiger partial charge in [0.25, 0.3) is 0 Å². The van der Waals surface area contributed by atoms with Gasteiger partial charge in [-0.15, -0.1) is 0 Å². The van der Waals surface area contributed by atoms with Crippen molar-refractivity contribution in [3.05, 3.63) is 30.1 Å². The van der Waals surface area contributed by atoms with E-state index in [0.717, 1.165) is 5.56 Å². The molecule has 0 unspecified atom stereocenters. The number of nitrogens with one attached hydrogen (secondary N) is 1. The summed E-state index contributed by atoms with van der Waals surface area (Å²) in [5, 5.41) is 34.3. The zero-order valence-corrected chi connectivity index (χ0v) is 18.0. The Morgan fingerprint density at radius 1 is 1.27 bits per heavy atom. The van der Waals surface area contributed by atoms with E-state index in [4.69, 9.17) is 19.9 Å². The van der Waals surface area contributed by atoms with Gasteiger partial charge in [0.1, 0.15) is 24.6 Å². The molecule has 13 heteroatoms. The SMILES string of the molecule is CCOc1ccc(/C=N/Nc2nc3c(N)ncnc3n2[C@@H]2O[C@H](CO)[C@@H](O)[C@H]2O)cc1OC. The standard InChI is InChI=1S/C20H25N7O6/c1-3-32-11-5-4-10(6-12(11)31-2)7-24-26-20-25-14-17(21)22-9-23-18(14)27(20)19-16(30)15(29)13(8-28)33-19/h4-7,9,13,15-16,19,28-30H,3,8H2,1-2H3,(H,25,26)(H2,21,22,23)/b24-7+/t13-,15-,16-,19-/m1/s1. The number of nitrogen functional groups attached to an aromatic ring is 1. The maximum Gasteiger partial charge on any atom is 0.228 e. The molecule has 33 heavy (non-hydrogen) atoms. The highest BCUT2D eigenvalue weighted by atomic mass is 16.6. The van der Waals surface area contributed by atoms with E-state index in [1.54, 1.807) is 25.3 Å². The van der Waals surface area contributed by atoms with E-state index >= 15 is 0 Å². The molecule has 0 radical (unpaired) electrons. The molecule has 13 nitrogen and oxygen atoms in total. The Bertz CT molecular complexity index is 1150. The first-order valence-electron chi connectivity index (χ1n) is 10.2. The number of nitrogens with zero attached hydrogens (tertiary/aromatic N) is 5. The van der Waals surface area contributed by atoms with E-state index < -0.39 is 31.1 Å². The number of anilines is 2. The van der Waals surface area contributed by atoms with E-state index in [-0.39, 0.29) is 22.9 Å². The summed E-state index contributed by atoms with van der Waals surface area (Å²) in [7, 11) is 1.55. The van der Waals surface area contributed by atoms with E-state index in [1.807, 2.05) is 6.92 Å². The Labute approximate surface area is 188 Å². The molecule has 4 rings (SSSR count). The highest BCUT2D eigenvalue weighted by molar-refractivity contribution is 5.85.